The second-order valence-electron chi connectivity index (χ2n) is 5.92. The largest absolute Gasteiger partial charge is 0.460 e. The lowest BCUT2D eigenvalue weighted by atomic mass is 9.78. The van der Waals surface area contributed by atoms with Crippen molar-refractivity contribution in [2.45, 2.75) is 46.1 Å². The van der Waals surface area contributed by atoms with E-state index in [1.165, 1.54) is 0 Å². The molecule has 1 fully saturated rings. The molecular formula is C13H26N2O2. The molecule has 17 heavy (non-hydrogen) atoms. The lowest BCUT2D eigenvalue weighted by Crippen LogP contribution is -2.50. The number of hydrogen-bond acceptors (Lipinski definition) is 4. The fraction of sp³-hybridized carbons (Fsp3) is 0.923. The third kappa shape index (κ3) is 3.68. The molecule has 4 nitrogen and oxygen atoms in total. The van der Waals surface area contributed by atoms with Crippen molar-refractivity contribution in [1.82, 2.24) is 4.90 Å². The second kappa shape index (κ2) is 5.36. The van der Waals surface area contributed by atoms with Gasteiger partial charge in [-0.15, -0.1) is 0 Å². The lowest BCUT2D eigenvalue weighted by molar-refractivity contribution is -0.170. The molecule has 0 saturated carbocycles. The molecule has 0 spiro atoms. The first-order chi connectivity index (χ1) is 7.83. The molecule has 1 aliphatic heterocycles. The number of piperidine rings is 1. The van der Waals surface area contributed by atoms with Crippen molar-refractivity contribution < 1.29 is 9.53 Å². The molecule has 4 heteroatoms. The number of likely N-dealkylation sites (tertiary alicyclic amines) is 1. The molecular weight excluding hydrogens is 216 g/mol. The maximum absolute atomic E-state index is 12.2. The van der Waals surface area contributed by atoms with E-state index in [1.54, 1.807) is 0 Å². The molecule has 0 aromatic carbocycles. The molecule has 1 aliphatic rings. The fourth-order valence-electron chi connectivity index (χ4n) is 2.18. The quantitative estimate of drug-likeness (QED) is 0.760. The molecule has 0 atom stereocenters. The Bertz CT molecular complexity index is 263. The van der Waals surface area contributed by atoms with Gasteiger partial charge in [0.05, 0.1) is 5.41 Å². The zero-order valence-corrected chi connectivity index (χ0v) is 11.6. The first-order valence-corrected chi connectivity index (χ1v) is 6.49. The van der Waals surface area contributed by atoms with E-state index in [0.717, 1.165) is 32.5 Å². The summed E-state index contributed by atoms with van der Waals surface area (Å²) in [6.45, 7) is 11.1. The molecule has 1 heterocycles. The Balaban J connectivity index is 2.67. The maximum Gasteiger partial charge on any atom is 0.313 e. The van der Waals surface area contributed by atoms with Gasteiger partial charge < -0.3 is 15.4 Å². The highest BCUT2D eigenvalue weighted by Gasteiger charge is 2.42. The highest BCUT2D eigenvalue weighted by atomic mass is 16.6. The van der Waals surface area contributed by atoms with Gasteiger partial charge in [-0.3, -0.25) is 4.79 Å². The van der Waals surface area contributed by atoms with E-state index in [9.17, 15) is 4.79 Å². The van der Waals surface area contributed by atoms with Gasteiger partial charge in [-0.25, -0.2) is 0 Å². The molecule has 1 saturated heterocycles. The summed E-state index contributed by atoms with van der Waals surface area (Å²) in [7, 11) is 0. The van der Waals surface area contributed by atoms with Crippen LogP contribution in [-0.2, 0) is 9.53 Å². The number of carbonyl (C=O) groups is 1. The van der Waals surface area contributed by atoms with Crippen molar-refractivity contribution in [2.75, 3.05) is 26.2 Å². The van der Waals surface area contributed by atoms with E-state index in [-0.39, 0.29) is 5.97 Å². The highest BCUT2D eigenvalue weighted by Crippen LogP contribution is 2.33. The van der Waals surface area contributed by atoms with Crippen LogP contribution in [0, 0.1) is 5.41 Å². The molecule has 0 unspecified atom stereocenters. The van der Waals surface area contributed by atoms with Crippen LogP contribution >= 0.6 is 0 Å². The van der Waals surface area contributed by atoms with Crippen molar-refractivity contribution in [3.63, 3.8) is 0 Å². The minimum atomic E-state index is -0.459. The molecule has 100 valence electrons. The predicted molar refractivity (Wildman–Crippen MR) is 68.7 cm³/mol. The van der Waals surface area contributed by atoms with E-state index in [0.29, 0.717) is 6.54 Å². The van der Waals surface area contributed by atoms with Crippen LogP contribution in [0.4, 0.5) is 0 Å². The molecule has 1 rings (SSSR count). The van der Waals surface area contributed by atoms with Gasteiger partial charge in [0.25, 0.3) is 0 Å². The average molecular weight is 242 g/mol. The Kier molecular flexibility index (Phi) is 4.55. The van der Waals surface area contributed by atoms with Gasteiger partial charge in [0.2, 0.25) is 0 Å². The number of nitrogens with zero attached hydrogens (tertiary/aromatic N) is 1. The molecule has 0 aromatic rings. The Hall–Kier alpha value is -0.610. The number of rotatable bonds is 3. The maximum atomic E-state index is 12.2. The van der Waals surface area contributed by atoms with Gasteiger partial charge in [0.1, 0.15) is 5.60 Å². The Morgan fingerprint density at radius 1 is 1.35 bits per heavy atom. The van der Waals surface area contributed by atoms with Crippen molar-refractivity contribution in [1.29, 1.82) is 0 Å². The number of ether oxygens (including phenoxy) is 1. The third-order valence-corrected chi connectivity index (χ3v) is 3.48. The van der Waals surface area contributed by atoms with Gasteiger partial charge in [-0.1, -0.05) is 6.92 Å². The van der Waals surface area contributed by atoms with Crippen LogP contribution < -0.4 is 5.73 Å². The van der Waals surface area contributed by atoms with Crippen LogP contribution in [-0.4, -0.2) is 42.6 Å². The minimum absolute atomic E-state index is 0.122. The van der Waals surface area contributed by atoms with Gasteiger partial charge >= 0.3 is 5.97 Å². The van der Waals surface area contributed by atoms with E-state index >= 15 is 0 Å². The normalized spacial score (nSPS) is 21.2. The van der Waals surface area contributed by atoms with Gasteiger partial charge in [-0.05, 0) is 53.2 Å². The van der Waals surface area contributed by atoms with Crippen molar-refractivity contribution in [3.05, 3.63) is 0 Å². The summed E-state index contributed by atoms with van der Waals surface area (Å²) in [6.07, 6.45) is 1.62. The van der Waals surface area contributed by atoms with Crippen LogP contribution in [0.3, 0.4) is 0 Å². The Morgan fingerprint density at radius 2 is 1.88 bits per heavy atom. The Labute approximate surface area is 104 Å². The second-order valence-corrected chi connectivity index (χ2v) is 5.92. The summed E-state index contributed by atoms with van der Waals surface area (Å²) in [5.41, 5.74) is 4.94. The zero-order chi connectivity index (χ0) is 13.1. The molecule has 2 N–H and O–H groups in total. The number of esters is 1. The average Bonchev–Trinajstić information content (AvgIpc) is 2.27. The summed E-state index contributed by atoms with van der Waals surface area (Å²) in [6, 6.07) is 0. The van der Waals surface area contributed by atoms with Gasteiger partial charge in [-0.2, -0.15) is 0 Å². The topological polar surface area (TPSA) is 55.6 Å². The van der Waals surface area contributed by atoms with Crippen LogP contribution in [0.5, 0.6) is 0 Å². The van der Waals surface area contributed by atoms with E-state index in [4.69, 9.17) is 10.5 Å². The standard InChI is InChI=1S/C13H26N2O2/c1-5-15-8-6-13(10-14,7-9-15)11(16)17-12(2,3)4/h5-10,14H2,1-4H3. The molecule has 0 bridgehead atoms. The smallest absolute Gasteiger partial charge is 0.313 e. The van der Waals surface area contributed by atoms with Gasteiger partial charge in [0, 0.05) is 6.54 Å². The highest BCUT2D eigenvalue weighted by molar-refractivity contribution is 5.77. The molecule has 0 aromatic heterocycles. The van der Waals surface area contributed by atoms with Crippen molar-refractivity contribution in [2.24, 2.45) is 11.1 Å². The Morgan fingerprint density at radius 3 is 2.24 bits per heavy atom. The van der Waals surface area contributed by atoms with Crippen LogP contribution in [0.2, 0.25) is 0 Å². The summed E-state index contributed by atoms with van der Waals surface area (Å²) in [5, 5.41) is 0. The third-order valence-electron chi connectivity index (χ3n) is 3.48. The zero-order valence-electron chi connectivity index (χ0n) is 11.6. The van der Waals surface area contributed by atoms with E-state index in [2.05, 4.69) is 11.8 Å². The predicted octanol–water partition coefficient (Wildman–Crippen LogP) is 1.39. The monoisotopic (exact) mass is 242 g/mol. The summed E-state index contributed by atoms with van der Waals surface area (Å²) in [4.78, 5) is 14.6. The number of nitrogens with two attached hydrogens (primary N) is 1. The van der Waals surface area contributed by atoms with Crippen LogP contribution in [0.25, 0.3) is 0 Å². The van der Waals surface area contributed by atoms with E-state index < -0.39 is 11.0 Å². The fourth-order valence-corrected chi connectivity index (χ4v) is 2.18. The molecule has 0 radical (unpaired) electrons. The molecule has 0 aliphatic carbocycles. The minimum Gasteiger partial charge on any atom is -0.460 e. The summed E-state index contributed by atoms with van der Waals surface area (Å²) >= 11 is 0. The van der Waals surface area contributed by atoms with E-state index in [1.807, 2.05) is 20.8 Å². The number of carbonyl (C=O) groups excluding carboxylic acids is 1. The first-order valence-electron chi connectivity index (χ1n) is 6.49. The van der Waals surface area contributed by atoms with Gasteiger partial charge in [0.15, 0.2) is 0 Å². The summed E-state index contributed by atoms with van der Waals surface area (Å²) in [5.74, 6) is -0.122. The SMILES string of the molecule is CCN1CCC(CN)(C(=O)OC(C)(C)C)CC1. The molecule has 0 amide bonds. The van der Waals surface area contributed by atoms with Crippen molar-refractivity contribution >= 4 is 5.97 Å². The number of hydrogen-bond donors (Lipinski definition) is 1. The first kappa shape index (κ1) is 14.5. The lowest BCUT2D eigenvalue weighted by Gasteiger charge is -2.40. The van der Waals surface area contributed by atoms with Crippen LogP contribution in [0.15, 0.2) is 0 Å². The summed E-state index contributed by atoms with van der Waals surface area (Å²) < 4.78 is 5.50. The van der Waals surface area contributed by atoms with Crippen molar-refractivity contribution in [3.8, 4) is 0 Å². The van der Waals surface area contributed by atoms with Crippen LogP contribution in [0.1, 0.15) is 40.5 Å².